The zero-order valence-electron chi connectivity index (χ0n) is 15.2. The standard InChI is InChI=1S/C20H23N5O/c1-14-11-21-13-25(20(14)26)12-16-7-9-24(10-8-16)19-18-6-4-3-5-17(18)15(2)22-23-19/h3-6,11,13,16H,7-10,12H2,1-2H3. The van der Waals surface area contributed by atoms with Crippen LogP contribution in [0.1, 0.15) is 24.1 Å². The minimum Gasteiger partial charge on any atom is -0.355 e. The molecule has 134 valence electrons. The van der Waals surface area contributed by atoms with Crippen molar-refractivity contribution in [1.82, 2.24) is 19.7 Å². The van der Waals surface area contributed by atoms with Gasteiger partial charge in [0, 0.05) is 42.2 Å². The van der Waals surface area contributed by atoms with Crippen molar-refractivity contribution < 1.29 is 0 Å². The number of fused-ring (bicyclic) bond motifs is 1. The molecule has 1 aliphatic heterocycles. The van der Waals surface area contributed by atoms with Crippen molar-refractivity contribution in [3.63, 3.8) is 0 Å². The molecule has 1 aromatic carbocycles. The number of anilines is 1. The van der Waals surface area contributed by atoms with Gasteiger partial charge in [-0.3, -0.25) is 9.36 Å². The zero-order chi connectivity index (χ0) is 18.1. The Morgan fingerprint density at radius 1 is 1.08 bits per heavy atom. The largest absolute Gasteiger partial charge is 0.355 e. The Balaban J connectivity index is 1.50. The van der Waals surface area contributed by atoms with Gasteiger partial charge in [0.2, 0.25) is 0 Å². The van der Waals surface area contributed by atoms with Crippen LogP contribution in [0.4, 0.5) is 5.82 Å². The fraction of sp³-hybridized carbons (Fsp3) is 0.400. The van der Waals surface area contributed by atoms with Gasteiger partial charge in [-0.1, -0.05) is 24.3 Å². The van der Waals surface area contributed by atoms with Gasteiger partial charge in [-0.25, -0.2) is 4.98 Å². The van der Waals surface area contributed by atoms with Crippen LogP contribution >= 0.6 is 0 Å². The highest BCUT2D eigenvalue weighted by Crippen LogP contribution is 2.29. The molecule has 1 saturated heterocycles. The fourth-order valence-electron chi connectivity index (χ4n) is 3.75. The van der Waals surface area contributed by atoms with Crippen LogP contribution in [0.5, 0.6) is 0 Å². The average molecular weight is 349 g/mol. The van der Waals surface area contributed by atoms with Gasteiger partial charge in [0.05, 0.1) is 12.0 Å². The van der Waals surface area contributed by atoms with Gasteiger partial charge < -0.3 is 4.90 Å². The molecule has 0 aliphatic carbocycles. The molecule has 6 heteroatoms. The fourth-order valence-corrected chi connectivity index (χ4v) is 3.75. The topological polar surface area (TPSA) is 63.9 Å². The molecule has 6 nitrogen and oxygen atoms in total. The number of hydrogen-bond donors (Lipinski definition) is 0. The molecule has 0 spiro atoms. The number of aryl methyl sites for hydroxylation is 2. The van der Waals surface area contributed by atoms with Crippen molar-refractivity contribution >= 4 is 16.6 Å². The van der Waals surface area contributed by atoms with Crippen LogP contribution in [0.25, 0.3) is 10.8 Å². The third kappa shape index (κ3) is 3.07. The molecule has 0 N–H and O–H groups in total. The Hall–Kier alpha value is -2.76. The summed E-state index contributed by atoms with van der Waals surface area (Å²) in [6, 6.07) is 8.32. The maximum atomic E-state index is 12.2. The number of nitrogens with zero attached hydrogens (tertiary/aromatic N) is 5. The average Bonchev–Trinajstić information content (AvgIpc) is 2.67. The molecule has 0 radical (unpaired) electrons. The van der Waals surface area contributed by atoms with E-state index in [1.165, 1.54) is 0 Å². The highest BCUT2D eigenvalue weighted by atomic mass is 16.1. The number of piperidine rings is 1. The van der Waals surface area contributed by atoms with E-state index in [1.54, 1.807) is 17.1 Å². The second kappa shape index (κ2) is 6.86. The number of aromatic nitrogens is 4. The summed E-state index contributed by atoms with van der Waals surface area (Å²) in [6.45, 7) is 6.41. The van der Waals surface area contributed by atoms with Crippen molar-refractivity contribution in [3.8, 4) is 0 Å². The van der Waals surface area contributed by atoms with Crippen molar-refractivity contribution in [2.24, 2.45) is 5.92 Å². The Morgan fingerprint density at radius 2 is 1.81 bits per heavy atom. The predicted molar refractivity (Wildman–Crippen MR) is 102 cm³/mol. The maximum absolute atomic E-state index is 12.2. The van der Waals surface area contributed by atoms with Gasteiger partial charge in [0.1, 0.15) is 0 Å². The molecule has 0 saturated carbocycles. The highest BCUT2D eigenvalue weighted by Gasteiger charge is 2.23. The molecule has 0 bridgehead atoms. The summed E-state index contributed by atoms with van der Waals surface area (Å²) in [7, 11) is 0. The normalized spacial score (nSPS) is 15.5. The van der Waals surface area contributed by atoms with E-state index in [0.29, 0.717) is 11.5 Å². The summed E-state index contributed by atoms with van der Waals surface area (Å²) >= 11 is 0. The molecule has 26 heavy (non-hydrogen) atoms. The molecule has 0 amide bonds. The number of hydrogen-bond acceptors (Lipinski definition) is 5. The molecule has 3 heterocycles. The van der Waals surface area contributed by atoms with E-state index in [-0.39, 0.29) is 5.56 Å². The van der Waals surface area contributed by atoms with Crippen LogP contribution in [0.2, 0.25) is 0 Å². The van der Waals surface area contributed by atoms with Crippen molar-refractivity contribution in [2.45, 2.75) is 33.2 Å². The third-order valence-corrected chi connectivity index (χ3v) is 5.29. The molecule has 1 aliphatic rings. The minimum absolute atomic E-state index is 0.0674. The van der Waals surface area contributed by atoms with E-state index in [0.717, 1.165) is 54.8 Å². The van der Waals surface area contributed by atoms with E-state index < -0.39 is 0 Å². The van der Waals surface area contributed by atoms with Crippen LogP contribution in [-0.2, 0) is 6.54 Å². The zero-order valence-corrected chi connectivity index (χ0v) is 15.2. The molecular weight excluding hydrogens is 326 g/mol. The monoisotopic (exact) mass is 349 g/mol. The number of benzene rings is 1. The first-order chi connectivity index (χ1) is 12.6. The van der Waals surface area contributed by atoms with Crippen LogP contribution in [0.15, 0.2) is 41.6 Å². The van der Waals surface area contributed by atoms with Gasteiger partial charge in [0.25, 0.3) is 5.56 Å². The maximum Gasteiger partial charge on any atom is 0.256 e. The molecular formula is C20H23N5O. The third-order valence-electron chi connectivity index (χ3n) is 5.29. The Labute approximate surface area is 152 Å². The summed E-state index contributed by atoms with van der Waals surface area (Å²) < 4.78 is 1.75. The second-order valence-corrected chi connectivity index (χ2v) is 7.12. The Kier molecular flexibility index (Phi) is 4.41. The van der Waals surface area contributed by atoms with Crippen molar-refractivity contribution in [3.05, 3.63) is 58.4 Å². The minimum atomic E-state index is 0.0674. The molecule has 1 fully saturated rings. The van der Waals surface area contributed by atoms with E-state index in [2.05, 4.69) is 38.3 Å². The van der Waals surface area contributed by atoms with Gasteiger partial charge >= 0.3 is 0 Å². The second-order valence-electron chi connectivity index (χ2n) is 7.12. The first-order valence-electron chi connectivity index (χ1n) is 9.11. The SMILES string of the molecule is Cc1cncn(CC2CCN(c3nnc(C)c4ccccc34)CC2)c1=O. The van der Waals surface area contributed by atoms with Crippen molar-refractivity contribution in [1.29, 1.82) is 0 Å². The first-order valence-corrected chi connectivity index (χ1v) is 9.11. The van der Waals surface area contributed by atoms with Crippen LogP contribution in [0, 0.1) is 19.8 Å². The lowest BCUT2D eigenvalue weighted by Crippen LogP contribution is -2.37. The van der Waals surface area contributed by atoms with E-state index in [9.17, 15) is 4.79 Å². The lowest BCUT2D eigenvalue weighted by molar-refractivity contribution is 0.350. The van der Waals surface area contributed by atoms with Crippen LogP contribution in [-0.4, -0.2) is 32.8 Å². The molecule has 0 unspecified atom stereocenters. The smallest absolute Gasteiger partial charge is 0.256 e. The van der Waals surface area contributed by atoms with Crippen LogP contribution < -0.4 is 10.5 Å². The summed E-state index contributed by atoms with van der Waals surface area (Å²) in [5.74, 6) is 1.45. The Bertz CT molecular complexity index is 989. The summed E-state index contributed by atoms with van der Waals surface area (Å²) in [5.41, 5.74) is 1.73. The van der Waals surface area contributed by atoms with Crippen LogP contribution in [0.3, 0.4) is 0 Å². The summed E-state index contributed by atoms with van der Waals surface area (Å²) in [6.07, 6.45) is 5.35. The molecule has 3 aromatic rings. The van der Waals surface area contributed by atoms with E-state index in [1.807, 2.05) is 19.9 Å². The summed E-state index contributed by atoms with van der Waals surface area (Å²) in [4.78, 5) is 18.7. The lowest BCUT2D eigenvalue weighted by Gasteiger charge is -2.33. The van der Waals surface area contributed by atoms with E-state index >= 15 is 0 Å². The van der Waals surface area contributed by atoms with Gasteiger partial charge in [-0.2, -0.15) is 5.10 Å². The Morgan fingerprint density at radius 3 is 2.58 bits per heavy atom. The highest BCUT2D eigenvalue weighted by molar-refractivity contribution is 5.93. The molecule has 0 atom stereocenters. The predicted octanol–water partition coefficient (Wildman–Crippen LogP) is 2.72. The number of rotatable bonds is 3. The van der Waals surface area contributed by atoms with Crippen molar-refractivity contribution in [2.75, 3.05) is 18.0 Å². The first kappa shape index (κ1) is 16.7. The van der Waals surface area contributed by atoms with Gasteiger partial charge in [-0.15, -0.1) is 5.10 Å². The van der Waals surface area contributed by atoms with Gasteiger partial charge in [-0.05, 0) is 32.6 Å². The summed E-state index contributed by atoms with van der Waals surface area (Å²) in [5, 5.41) is 11.1. The van der Waals surface area contributed by atoms with Gasteiger partial charge in [0.15, 0.2) is 5.82 Å². The molecule has 2 aromatic heterocycles. The van der Waals surface area contributed by atoms with E-state index in [4.69, 9.17) is 0 Å². The lowest BCUT2D eigenvalue weighted by atomic mass is 9.96. The quantitative estimate of drug-likeness (QED) is 0.727. The molecule has 4 rings (SSSR count).